The smallest absolute Gasteiger partial charge is 0.319 e. The number of hydrogen-bond donors (Lipinski definition) is 3. The number of urea groups is 1. The monoisotopic (exact) mass is 476 g/mol. The molecule has 2 aromatic carbocycles. The fourth-order valence-corrected chi connectivity index (χ4v) is 4.78. The molecule has 1 fully saturated rings. The Morgan fingerprint density at radius 1 is 1.18 bits per heavy atom. The van der Waals surface area contributed by atoms with Gasteiger partial charge in [0.25, 0.3) is 10.0 Å². The zero-order chi connectivity index (χ0) is 23.8. The average molecular weight is 477 g/mol. The Hall–Kier alpha value is -2.98. The minimum absolute atomic E-state index is 0.0177. The Morgan fingerprint density at radius 3 is 2.67 bits per heavy atom. The van der Waals surface area contributed by atoms with Crippen LogP contribution in [0.25, 0.3) is 0 Å². The predicted molar refractivity (Wildman–Crippen MR) is 125 cm³/mol. The van der Waals surface area contributed by atoms with E-state index in [1.165, 1.54) is 42.5 Å². The van der Waals surface area contributed by atoms with Gasteiger partial charge in [0.15, 0.2) is 0 Å². The second-order valence-corrected chi connectivity index (χ2v) is 9.56. The molecule has 1 heterocycles. The van der Waals surface area contributed by atoms with Crippen molar-refractivity contribution in [3.8, 4) is 0 Å². The second kappa shape index (κ2) is 11.2. The van der Waals surface area contributed by atoms with Gasteiger partial charge in [-0.2, -0.15) is 8.42 Å². The van der Waals surface area contributed by atoms with Crippen LogP contribution in [0.3, 0.4) is 0 Å². The molecule has 3 N–H and O–H groups in total. The first-order valence-corrected chi connectivity index (χ1v) is 12.3. The largest absolute Gasteiger partial charge is 0.396 e. The molecule has 0 aliphatic carbocycles. The molecule has 1 unspecified atom stereocenters. The maximum atomic E-state index is 13.2. The van der Waals surface area contributed by atoms with Crippen molar-refractivity contribution in [1.82, 2.24) is 10.2 Å². The summed E-state index contributed by atoms with van der Waals surface area (Å²) in [5, 5.41) is 14.7. The van der Waals surface area contributed by atoms with E-state index in [1.54, 1.807) is 6.07 Å². The molecule has 1 saturated heterocycles. The number of aliphatic hydroxyl groups excluding tert-OH is 1. The number of aliphatic hydroxyl groups is 1. The summed E-state index contributed by atoms with van der Waals surface area (Å²) in [7, 11) is -2.10. The van der Waals surface area contributed by atoms with Crippen molar-refractivity contribution in [2.75, 3.05) is 25.5 Å². The Balaban J connectivity index is 1.73. The predicted octanol–water partition coefficient (Wildman–Crippen LogP) is 3.66. The quantitative estimate of drug-likeness (QED) is 0.565. The van der Waals surface area contributed by atoms with E-state index in [2.05, 4.69) is 15.0 Å². The van der Waals surface area contributed by atoms with E-state index in [1.807, 2.05) is 11.9 Å². The van der Waals surface area contributed by atoms with E-state index in [0.29, 0.717) is 17.8 Å². The van der Waals surface area contributed by atoms with Crippen LogP contribution in [0, 0.1) is 5.82 Å². The third-order valence-corrected chi connectivity index (χ3v) is 6.75. The van der Waals surface area contributed by atoms with Crippen LogP contribution < -0.4 is 10.6 Å². The van der Waals surface area contributed by atoms with Crippen molar-refractivity contribution >= 4 is 27.6 Å². The lowest BCUT2D eigenvalue weighted by Crippen LogP contribution is -2.33. The minimum Gasteiger partial charge on any atom is -0.396 e. The second-order valence-electron chi connectivity index (χ2n) is 7.96. The number of amidine groups is 1. The lowest BCUT2D eigenvalue weighted by molar-refractivity contribution is 0.239. The SMILES string of the molecule is CN1CCCCC/C1=N\S(=O)(=O)c1cccc(NC(=O)NC(CCO)c2ccc(F)cc2)c1. The number of carbonyl (C=O) groups excluding carboxylic acids is 1. The lowest BCUT2D eigenvalue weighted by Gasteiger charge is -2.19. The summed E-state index contributed by atoms with van der Waals surface area (Å²) in [6, 6.07) is 10.4. The molecule has 10 heteroatoms. The van der Waals surface area contributed by atoms with E-state index >= 15 is 0 Å². The zero-order valence-electron chi connectivity index (χ0n) is 18.5. The molecule has 1 atom stereocenters. The number of benzene rings is 2. The van der Waals surface area contributed by atoms with Crippen molar-refractivity contribution in [1.29, 1.82) is 0 Å². The van der Waals surface area contributed by atoms with Gasteiger partial charge < -0.3 is 20.6 Å². The number of anilines is 1. The number of rotatable bonds is 7. The Bertz CT molecular complexity index is 1090. The first-order valence-electron chi connectivity index (χ1n) is 10.9. The Labute approximate surface area is 193 Å². The van der Waals surface area contributed by atoms with E-state index in [9.17, 15) is 22.7 Å². The molecule has 0 bridgehead atoms. The fourth-order valence-electron chi connectivity index (χ4n) is 3.64. The molecule has 1 aliphatic heterocycles. The minimum atomic E-state index is -3.94. The number of halogens is 1. The molecule has 33 heavy (non-hydrogen) atoms. The molecule has 8 nitrogen and oxygen atoms in total. The molecule has 2 amide bonds. The van der Waals surface area contributed by atoms with Gasteiger partial charge in [-0.05, 0) is 55.2 Å². The van der Waals surface area contributed by atoms with Gasteiger partial charge in [0, 0.05) is 32.3 Å². The topological polar surface area (TPSA) is 111 Å². The standard InChI is InChI=1S/C23H29FN4O4S/c1-28-14-4-2-3-8-22(28)27-33(31,32)20-7-5-6-19(16-20)25-23(30)26-21(13-15-29)17-9-11-18(24)12-10-17/h5-7,9-12,16,21,29H,2-4,8,13-15H2,1H3,(H2,25,26,30)/b27-22+. The highest BCUT2D eigenvalue weighted by Crippen LogP contribution is 2.21. The Kier molecular flexibility index (Phi) is 8.40. The number of carbonyl (C=O) groups is 1. The molecule has 2 aromatic rings. The first-order chi connectivity index (χ1) is 15.8. The highest BCUT2D eigenvalue weighted by molar-refractivity contribution is 7.90. The summed E-state index contributed by atoms with van der Waals surface area (Å²) in [5.41, 5.74) is 0.921. The molecule has 178 valence electrons. The van der Waals surface area contributed by atoms with Crippen molar-refractivity contribution in [3.05, 3.63) is 59.9 Å². The average Bonchev–Trinajstić information content (AvgIpc) is 2.98. The van der Waals surface area contributed by atoms with Gasteiger partial charge in [0.05, 0.1) is 10.9 Å². The maximum absolute atomic E-state index is 13.2. The number of nitrogens with zero attached hydrogens (tertiary/aromatic N) is 2. The molecular weight excluding hydrogens is 447 g/mol. The van der Waals surface area contributed by atoms with Crippen LogP contribution in [0.2, 0.25) is 0 Å². The normalized spacial score (nSPS) is 16.8. The van der Waals surface area contributed by atoms with Crippen LogP contribution in [0.4, 0.5) is 14.9 Å². The van der Waals surface area contributed by atoms with Crippen molar-refractivity contribution in [3.63, 3.8) is 0 Å². The van der Waals surface area contributed by atoms with Gasteiger partial charge in [-0.3, -0.25) is 0 Å². The van der Waals surface area contributed by atoms with Crippen LogP contribution in [-0.4, -0.2) is 50.5 Å². The van der Waals surface area contributed by atoms with E-state index in [4.69, 9.17) is 0 Å². The van der Waals surface area contributed by atoms with Crippen LogP contribution in [0.5, 0.6) is 0 Å². The molecule has 0 aromatic heterocycles. The van der Waals surface area contributed by atoms with Crippen LogP contribution in [0.1, 0.15) is 43.7 Å². The lowest BCUT2D eigenvalue weighted by atomic mass is 10.0. The fraction of sp³-hybridized carbons (Fsp3) is 0.391. The Morgan fingerprint density at radius 2 is 1.94 bits per heavy atom. The van der Waals surface area contributed by atoms with Gasteiger partial charge >= 0.3 is 6.03 Å². The van der Waals surface area contributed by atoms with Gasteiger partial charge in [-0.15, -0.1) is 4.40 Å². The summed E-state index contributed by atoms with van der Waals surface area (Å²) < 4.78 is 43.0. The summed E-state index contributed by atoms with van der Waals surface area (Å²) in [5.74, 6) is 0.136. The maximum Gasteiger partial charge on any atom is 0.319 e. The number of likely N-dealkylation sites (tertiary alicyclic amines) is 1. The van der Waals surface area contributed by atoms with E-state index < -0.39 is 27.9 Å². The van der Waals surface area contributed by atoms with Crippen LogP contribution >= 0.6 is 0 Å². The number of nitrogens with one attached hydrogen (secondary N) is 2. The van der Waals surface area contributed by atoms with Crippen molar-refractivity contribution in [2.24, 2.45) is 4.40 Å². The molecular formula is C23H29FN4O4S. The highest BCUT2D eigenvalue weighted by atomic mass is 32.2. The molecule has 3 rings (SSSR count). The number of sulfonamides is 1. The first kappa shape index (κ1) is 24.7. The van der Waals surface area contributed by atoms with Crippen molar-refractivity contribution in [2.45, 2.75) is 43.0 Å². The van der Waals surface area contributed by atoms with E-state index in [0.717, 1.165) is 25.8 Å². The van der Waals surface area contributed by atoms with Gasteiger partial charge in [0.1, 0.15) is 11.7 Å². The van der Waals surface area contributed by atoms with E-state index in [-0.39, 0.29) is 23.6 Å². The van der Waals surface area contributed by atoms with Crippen molar-refractivity contribution < 1.29 is 22.7 Å². The molecule has 0 radical (unpaired) electrons. The summed E-state index contributed by atoms with van der Waals surface area (Å²) in [6.45, 7) is 0.587. The highest BCUT2D eigenvalue weighted by Gasteiger charge is 2.20. The third-order valence-electron chi connectivity index (χ3n) is 5.45. The third kappa shape index (κ3) is 7.00. The molecule has 0 spiro atoms. The molecule has 1 aliphatic rings. The molecule has 0 saturated carbocycles. The number of hydrogen-bond acceptors (Lipinski definition) is 4. The van der Waals surface area contributed by atoms with Gasteiger partial charge in [-0.25, -0.2) is 9.18 Å². The van der Waals surface area contributed by atoms with Gasteiger partial charge in [0.2, 0.25) is 0 Å². The van der Waals surface area contributed by atoms with Crippen LogP contribution in [-0.2, 0) is 10.0 Å². The zero-order valence-corrected chi connectivity index (χ0v) is 19.3. The summed E-state index contributed by atoms with van der Waals surface area (Å²) >= 11 is 0. The summed E-state index contributed by atoms with van der Waals surface area (Å²) in [4.78, 5) is 14.4. The van der Waals surface area contributed by atoms with Crippen LogP contribution in [0.15, 0.2) is 57.8 Å². The summed E-state index contributed by atoms with van der Waals surface area (Å²) in [6.07, 6.45) is 3.76. The van der Waals surface area contributed by atoms with Gasteiger partial charge in [-0.1, -0.05) is 24.6 Å². The number of amides is 2.